The fourth-order valence-electron chi connectivity index (χ4n) is 0.936. The van der Waals surface area contributed by atoms with Crippen LogP contribution in [0.25, 0.3) is 0 Å². The van der Waals surface area contributed by atoms with Gasteiger partial charge in [0, 0.05) is 0 Å². The number of hydrogen-bond donors (Lipinski definition) is 3. The number of carbonyl (C=O) groups excluding carboxylic acids is 2. The maximum absolute atomic E-state index is 11.1. The van der Waals surface area contributed by atoms with Crippen molar-refractivity contribution in [2.45, 2.75) is 25.4 Å². The van der Waals surface area contributed by atoms with Crippen LogP contribution in [-0.4, -0.2) is 51.2 Å². The molecule has 0 aliphatic carbocycles. The first-order chi connectivity index (χ1) is 7.67. The van der Waals surface area contributed by atoms with Crippen LogP contribution in [0.2, 0.25) is 0 Å². The second kappa shape index (κ2) is 5.94. The summed E-state index contributed by atoms with van der Waals surface area (Å²) >= 11 is 0. The molecule has 96 valence electrons. The number of Topliss-reactive ketones (excluding diaryl/α,β-unsaturated/α-hetero) is 1. The largest absolute Gasteiger partial charge is 0.481 e. The zero-order valence-electron chi connectivity index (χ0n) is 9.00. The summed E-state index contributed by atoms with van der Waals surface area (Å²) in [5.74, 6) is -5.05. The molecule has 0 rings (SSSR count). The summed E-state index contributed by atoms with van der Waals surface area (Å²) in [5.41, 5.74) is -2.74. The predicted molar refractivity (Wildman–Crippen MR) is 51.1 cm³/mol. The van der Waals surface area contributed by atoms with Gasteiger partial charge in [-0.3, -0.25) is 14.4 Å². The van der Waals surface area contributed by atoms with Crippen molar-refractivity contribution >= 4 is 23.7 Å². The molecule has 0 heterocycles. The third kappa shape index (κ3) is 5.61. The summed E-state index contributed by atoms with van der Waals surface area (Å²) in [6.07, 6.45) is -2.18. The number of hydrogen-bond acceptors (Lipinski definition) is 6. The highest BCUT2D eigenvalue weighted by molar-refractivity contribution is 5.89. The lowest BCUT2D eigenvalue weighted by Gasteiger charge is -2.19. The molecule has 0 saturated carbocycles. The van der Waals surface area contributed by atoms with Crippen LogP contribution in [0.4, 0.5) is 0 Å². The third-order valence-electron chi connectivity index (χ3n) is 1.71. The normalized spacial score (nSPS) is 13.5. The third-order valence-corrected chi connectivity index (χ3v) is 1.71. The van der Waals surface area contributed by atoms with Gasteiger partial charge in [0.25, 0.3) is 0 Å². The van der Waals surface area contributed by atoms with Crippen LogP contribution in [-0.2, 0) is 23.9 Å². The van der Waals surface area contributed by atoms with E-state index < -0.39 is 48.7 Å². The molecule has 8 heteroatoms. The Labute approximate surface area is 95.8 Å². The van der Waals surface area contributed by atoms with Crippen LogP contribution < -0.4 is 0 Å². The summed E-state index contributed by atoms with van der Waals surface area (Å²) in [4.78, 5) is 42.5. The molecule has 8 nitrogen and oxygen atoms in total. The lowest BCUT2D eigenvalue weighted by Crippen LogP contribution is -2.43. The molecule has 3 N–H and O–H groups in total. The molecular weight excluding hydrogens is 236 g/mol. The summed E-state index contributed by atoms with van der Waals surface area (Å²) < 4.78 is 4.33. The minimum atomic E-state index is -2.74. The van der Waals surface area contributed by atoms with Crippen molar-refractivity contribution in [2.24, 2.45) is 0 Å². The molecule has 0 saturated heterocycles. The van der Waals surface area contributed by atoms with Crippen molar-refractivity contribution in [2.75, 3.05) is 6.61 Å². The van der Waals surface area contributed by atoms with Crippen LogP contribution >= 0.6 is 0 Å². The molecule has 0 aromatic heterocycles. The number of carboxylic acids is 2. The summed E-state index contributed by atoms with van der Waals surface area (Å²) in [6.45, 7) is 0.593. The van der Waals surface area contributed by atoms with Gasteiger partial charge < -0.3 is 20.1 Å². The SMILES string of the molecule is CC(=O)COC(=O)CC(O)(CC(=O)O)C(=O)O. The van der Waals surface area contributed by atoms with Crippen molar-refractivity contribution in [3.63, 3.8) is 0 Å². The molecule has 0 bridgehead atoms. The van der Waals surface area contributed by atoms with Crippen molar-refractivity contribution in [3.8, 4) is 0 Å². The quantitative estimate of drug-likeness (QED) is 0.477. The first-order valence-electron chi connectivity index (χ1n) is 4.50. The Kier molecular flexibility index (Phi) is 5.26. The molecule has 0 aromatic carbocycles. The van der Waals surface area contributed by atoms with Gasteiger partial charge >= 0.3 is 17.9 Å². The van der Waals surface area contributed by atoms with Crippen LogP contribution in [0.5, 0.6) is 0 Å². The van der Waals surface area contributed by atoms with Gasteiger partial charge in [-0.05, 0) is 6.92 Å². The summed E-state index contributed by atoms with van der Waals surface area (Å²) in [5, 5.41) is 26.4. The smallest absolute Gasteiger partial charge is 0.336 e. The average Bonchev–Trinajstić information content (AvgIpc) is 2.12. The van der Waals surface area contributed by atoms with Gasteiger partial charge in [-0.25, -0.2) is 4.79 Å². The van der Waals surface area contributed by atoms with E-state index >= 15 is 0 Å². The van der Waals surface area contributed by atoms with E-state index in [0.717, 1.165) is 6.92 Å². The Morgan fingerprint density at radius 2 is 1.65 bits per heavy atom. The number of ether oxygens (including phenoxy) is 1. The molecule has 0 amide bonds. The van der Waals surface area contributed by atoms with E-state index in [9.17, 15) is 24.3 Å². The zero-order chi connectivity index (χ0) is 13.6. The van der Waals surface area contributed by atoms with Crippen molar-refractivity contribution in [1.29, 1.82) is 0 Å². The van der Waals surface area contributed by atoms with Gasteiger partial charge in [-0.2, -0.15) is 0 Å². The highest BCUT2D eigenvalue weighted by atomic mass is 16.5. The molecule has 0 aromatic rings. The fraction of sp³-hybridized carbons (Fsp3) is 0.556. The topological polar surface area (TPSA) is 138 Å². The second-order valence-electron chi connectivity index (χ2n) is 3.45. The number of ketones is 1. The van der Waals surface area contributed by atoms with E-state index in [0.29, 0.717) is 0 Å². The highest BCUT2D eigenvalue weighted by Crippen LogP contribution is 2.16. The van der Waals surface area contributed by atoms with E-state index in [1.165, 1.54) is 0 Å². The van der Waals surface area contributed by atoms with E-state index in [2.05, 4.69) is 4.74 Å². The maximum Gasteiger partial charge on any atom is 0.336 e. The molecule has 1 atom stereocenters. The van der Waals surface area contributed by atoms with Gasteiger partial charge in [-0.1, -0.05) is 0 Å². The molecule has 0 radical (unpaired) electrons. The number of carboxylic acid groups (broad SMARTS) is 2. The fourth-order valence-corrected chi connectivity index (χ4v) is 0.936. The average molecular weight is 248 g/mol. The van der Waals surface area contributed by atoms with Crippen LogP contribution in [0.15, 0.2) is 0 Å². The van der Waals surface area contributed by atoms with Gasteiger partial charge in [0.1, 0.15) is 6.61 Å². The number of rotatable bonds is 7. The molecule has 17 heavy (non-hydrogen) atoms. The van der Waals surface area contributed by atoms with Gasteiger partial charge in [0.05, 0.1) is 12.8 Å². The van der Waals surface area contributed by atoms with Crippen LogP contribution in [0.3, 0.4) is 0 Å². The van der Waals surface area contributed by atoms with Crippen molar-refractivity contribution in [3.05, 3.63) is 0 Å². The Morgan fingerprint density at radius 1 is 1.12 bits per heavy atom. The zero-order valence-corrected chi connectivity index (χ0v) is 9.00. The standard InChI is InChI=1S/C9H12O8/c1-5(10)4-17-7(13)3-9(16,8(14)15)2-6(11)12/h16H,2-4H2,1H3,(H,11,12)(H,14,15). The Bertz CT molecular complexity index is 347. The van der Waals surface area contributed by atoms with E-state index in [1.807, 2.05) is 0 Å². The van der Waals surface area contributed by atoms with Gasteiger partial charge in [0.2, 0.25) is 0 Å². The van der Waals surface area contributed by atoms with Gasteiger partial charge in [-0.15, -0.1) is 0 Å². The highest BCUT2D eigenvalue weighted by Gasteiger charge is 2.41. The Morgan fingerprint density at radius 3 is 2.00 bits per heavy atom. The molecule has 1 unspecified atom stereocenters. The number of aliphatic hydroxyl groups is 1. The van der Waals surface area contributed by atoms with Crippen molar-refractivity contribution < 1.29 is 39.2 Å². The minimum absolute atomic E-state index is 0.463. The lowest BCUT2D eigenvalue weighted by atomic mass is 9.96. The predicted octanol–water partition coefficient (Wildman–Crippen LogP) is -1.20. The molecule has 0 aliphatic heterocycles. The first kappa shape index (κ1) is 15.0. The van der Waals surface area contributed by atoms with Crippen LogP contribution in [0, 0.1) is 0 Å². The summed E-state index contributed by atoms with van der Waals surface area (Å²) in [6, 6.07) is 0. The molecular formula is C9H12O8. The molecule has 0 fully saturated rings. The van der Waals surface area contributed by atoms with Crippen molar-refractivity contribution in [1.82, 2.24) is 0 Å². The van der Waals surface area contributed by atoms with E-state index in [1.54, 1.807) is 0 Å². The number of esters is 1. The monoisotopic (exact) mass is 248 g/mol. The Balaban J connectivity index is 4.54. The van der Waals surface area contributed by atoms with E-state index in [4.69, 9.17) is 10.2 Å². The Hall–Kier alpha value is -1.96. The maximum atomic E-state index is 11.1. The molecule has 0 aliphatic rings. The van der Waals surface area contributed by atoms with Crippen LogP contribution in [0.1, 0.15) is 19.8 Å². The van der Waals surface area contributed by atoms with Gasteiger partial charge in [0.15, 0.2) is 11.4 Å². The first-order valence-corrected chi connectivity index (χ1v) is 4.50. The lowest BCUT2D eigenvalue weighted by molar-refractivity contribution is -0.172. The molecule has 0 spiro atoms. The minimum Gasteiger partial charge on any atom is -0.481 e. The number of aliphatic carboxylic acids is 2. The second-order valence-corrected chi connectivity index (χ2v) is 3.45. The number of carbonyl (C=O) groups is 4. The summed E-state index contributed by atoms with van der Waals surface area (Å²) in [7, 11) is 0. The van der Waals surface area contributed by atoms with E-state index in [-0.39, 0.29) is 0 Å².